The van der Waals surface area contributed by atoms with Crippen LogP contribution in [0.5, 0.6) is 0 Å². The zero-order chi connectivity index (χ0) is 19.6. The molecule has 0 aromatic carbocycles. The van der Waals surface area contributed by atoms with Crippen LogP contribution in [0.25, 0.3) is 0 Å². The number of hydrogen-bond acceptors (Lipinski definition) is 4. The van der Waals surface area contributed by atoms with Gasteiger partial charge in [-0.1, -0.05) is 11.6 Å². The van der Waals surface area contributed by atoms with E-state index in [2.05, 4.69) is 4.98 Å². The first-order valence-corrected chi connectivity index (χ1v) is 8.54. The average Bonchev–Trinajstić information content (AvgIpc) is 2.63. The van der Waals surface area contributed by atoms with Crippen LogP contribution < -0.4 is 10.5 Å². The Morgan fingerprint density at radius 2 is 1.81 bits per heavy atom. The summed E-state index contributed by atoms with van der Waals surface area (Å²) in [6, 6.07) is 5.03. The minimum Gasteiger partial charge on any atom is -0.353 e. The number of carbonyl (C=O) groups is 1. The molecule has 0 atom stereocenters. The van der Waals surface area contributed by atoms with Crippen molar-refractivity contribution in [2.45, 2.75) is 12.7 Å². The van der Waals surface area contributed by atoms with Crippen molar-refractivity contribution in [3.63, 3.8) is 0 Å². The minimum absolute atomic E-state index is 0.386. The molecule has 1 aliphatic rings. The first-order valence-electron chi connectivity index (χ1n) is 8.16. The maximum Gasteiger partial charge on any atom is 0.417 e. The quantitative estimate of drug-likeness (QED) is 0.793. The monoisotopic (exact) mass is 400 g/mol. The molecular formula is C17H16ClF3N4O2. The number of aromatic nitrogens is 2. The van der Waals surface area contributed by atoms with E-state index >= 15 is 0 Å². The summed E-state index contributed by atoms with van der Waals surface area (Å²) in [7, 11) is 0. The number of rotatable bonds is 3. The fourth-order valence-corrected chi connectivity index (χ4v) is 2.92. The molecule has 0 saturated carbocycles. The Morgan fingerprint density at radius 3 is 2.41 bits per heavy atom. The van der Waals surface area contributed by atoms with Gasteiger partial charge >= 0.3 is 6.18 Å². The lowest BCUT2D eigenvalue weighted by Crippen LogP contribution is -2.50. The molecule has 0 bridgehead atoms. The molecule has 2 aromatic rings. The Morgan fingerprint density at radius 1 is 1.11 bits per heavy atom. The molecule has 2 aromatic heterocycles. The lowest BCUT2D eigenvalue weighted by atomic mass is 10.2. The summed E-state index contributed by atoms with van der Waals surface area (Å²) in [6.07, 6.45) is -2.36. The molecule has 1 amide bonds. The summed E-state index contributed by atoms with van der Waals surface area (Å²) in [5.74, 6) is 0.334. The zero-order valence-corrected chi connectivity index (χ0v) is 14.9. The lowest BCUT2D eigenvalue weighted by molar-refractivity contribution is -0.138. The van der Waals surface area contributed by atoms with Crippen molar-refractivity contribution < 1.29 is 18.0 Å². The number of anilines is 1. The van der Waals surface area contributed by atoms with Gasteiger partial charge in [0.2, 0.25) is 5.91 Å². The van der Waals surface area contributed by atoms with Gasteiger partial charge in [-0.15, -0.1) is 0 Å². The molecule has 3 heterocycles. The second-order valence-corrected chi connectivity index (χ2v) is 6.52. The summed E-state index contributed by atoms with van der Waals surface area (Å²) in [6.45, 7) is 1.39. The summed E-state index contributed by atoms with van der Waals surface area (Å²) in [4.78, 5) is 31.9. The maximum atomic E-state index is 12.8. The van der Waals surface area contributed by atoms with Crippen LogP contribution in [0.1, 0.15) is 5.56 Å². The third kappa shape index (κ3) is 4.60. The van der Waals surface area contributed by atoms with E-state index in [0.717, 1.165) is 16.5 Å². The molecule has 1 fully saturated rings. The third-order valence-electron chi connectivity index (χ3n) is 4.28. The molecule has 0 N–H and O–H groups in total. The predicted octanol–water partition coefficient (Wildman–Crippen LogP) is 2.26. The van der Waals surface area contributed by atoms with Gasteiger partial charge in [-0.25, -0.2) is 4.98 Å². The normalized spacial score (nSPS) is 15.1. The van der Waals surface area contributed by atoms with Crippen LogP contribution in [0.4, 0.5) is 19.0 Å². The van der Waals surface area contributed by atoms with Crippen LogP contribution in [0, 0.1) is 0 Å². The second-order valence-electron chi connectivity index (χ2n) is 6.08. The molecule has 10 heteroatoms. The summed E-state index contributed by atoms with van der Waals surface area (Å²) in [5.41, 5.74) is -1.62. The lowest BCUT2D eigenvalue weighted by Gasteiger charge is -2.35. The highest BCUT2D eigenvalue weighted by Crippen LogP contribution is 2.28. The Hall–Kier alpha value is -2.55. The molecule has 27 heavy (non-hydrogen) atoms. The Bertz CT molecular complexity index is 875. The van der Waals surface area contributed by atoms with Gasteiger partial charge in [0.1, 0.15) is 12.4 Å². The van der Waals surface area contributed by atoms with Gasteiger partial charge < -0.3 is 14.4 Å². The number of amides is 1. The highest BCUT2D eigenvalue weighted by molar-refractivity contribution is 6.30. The molecular weight excluding hydrogens is 385 g/mol. The molecule has 1 aliphatic heterocycles. The number of halogens is 4. The molecule has 0 unspecified atom stereocenters. The number of carbonyl (C=O) groups excluding carboxylic acids is 1. The largest absolute Gasteiger partial charge is 0.417 e. The predicted molar refractivity (Wildman–Crippen MR) is 93.7 cm³/mol. The van der Waals surface area contributed by atoms with E-state index in [1.165, 1.54) is 11.1 Å². The van der Waals surface area contributed by atoms with Crippen LogP contribution in [-0.2, 0) is 17.5 Å². The minimum atomic E-state index is -4.57. The smallest absolute Gasteiger partial charge is 0.353 e. The van der Waals surface area contributed by atoms with E-state index < -0.39 is 29.8 Å². The van der Waals surface area contributed by atoms with Gasteiger partial charge in [0, 0.05) is 44.6 Å². The van der Waals surface area contributed by atoms with Crippen molar-refractivity contribution in [2.24, 2.45) is 0 Å². The standard InChI is InChI=1S/C17H16ClF3N4O2/c18-13-2-3-14(22-9-13)23-5-7-24(8-6-23)16(27)11-25-10-12(17(19,20)21)1-4-15(25)26/h1-4,9-10H,5-8,11H2. The number of piperazine rings is 1. The highest BCUT2D eigenvalue weighted by Gasteiger charge is 2.31. The van der Waals surface area contributed by atoms with Gasteiger partial charge in [0.05, 0.1) is 10.6 Å². The third-order valence-corrected chi connectivity index (χ3v) is 4.51. The van der Waals surface area contributed by atoms with E-state index in [4.69, 9.17) is 11.6 Å². The van der Waals surface area contributed by atoms with Crippen LogP contribution in [0.2, 0.25) is 5.02 Å². The van der Waals surface area contributed by atoms with Crippen molar-refractivity contribution in [2.75, 3.05) is 31.1 Å². The highest BCUT2D eigenvalue weighted by atomic mass is 35.5. The molecule has 6 nitrogen and oxygen atoms in total. The Kier molecular flexibility index (Phi) is 5.41. The van der Waals surface area contributed by atoms with Crippen molar-refractivity contribution in [3.05, 3.63) is 57.6 Å². The van der Waals surface area contributed by atoms with Gasteiger partial charge in [-0.2, -0.15) is 13.2 Å². The van der Waals surface area contributed by atoms with Crippen molar-refractivity contribution in [1.29, 1.82) is 0 Å². The van der Waals surface area contributed by atoms with Crippen LogP contribution in [0.15, 0.2) is 41.5 Å². The van der Waals surface area contributed by atoms with Gasteiger partial charge in [0.15, 0.2) is 0 Å². The van der Waals surface area contributed by atoms with E-state index in [1.54, 1.807) is 12.1 Å². The molecule has 0 radical (unpaired) electrons. The van der Waals surface area contributed by atoms with Crippen molar-refractivity contribution in [1.82, 2.24) is 14.5 Å². The van der Waals surface area contributed by atoms with Crippen LogP contribution in [0.3, 0.4) is 0 Å². The van der Waals surface area contributed by atoms with Crippen molar-refractivity contribution in [3.8, 4) is 0 Å². The van der Waals surface area contributed by atoms with E-state index in [0.29, 0.717) is 43.5 Å². The van der Waals surface area contributed by atoms with Crippen LogP contribution in [-0.4, -0.2) is 46.5 Å². The average molecular weight is 401 g/mol. The first-order chi connectivity index (χ1) is 12.7. The van der Waals surface area contributed by atoms with E-state index in [9.17, 15) is 22.8 Å². The summed E-state index contributed by atoms with van der Waals surface area (Å²) < 4.78 is 39.2. The Labute approximate surface area is 157 Å². The zero-order valence-electron chi connectivity index (χ0n) is 14.1. The van der Waals surface area contributed by atoms with Crippen molar-refractivity contribution >= 4 is 23.3 Å². The van der Waals surface area contributed by atoms with Gasteiger partial charge in [-0.3, -0.25) is 9.59 Å². The molecule has 0 spiro atoms. The number of alkyl halides is 3. The Balaban J connectivity index is 1.63. The molecule has 1 saturated heterocycles. The fraction of sp³-hybridized carbons (Fsp3) is 0.353. The maximum absolute atomic E-state index is 12.8. The van der Waals surface area contributed by atoms with Gasteiger partial charge in [-0.05, 0) is 18.2 Å². The first kappa shape index (κ1) is 19.2. The number of nitrogens with zero attached hydrogens (tertiary/aromatic N) is 4. The SMILES string of the molecule is O=C(Cn1cc(C(F)(F)F)ccc1=O)N1CCN(c2ccc(Cl)cn2)CC1. The second kappa shape index (κ2) is 7.59. The fourth-order valence-electron chi connectivity index (χ4n) is 2.81. The number of hydrogen-bond donors (Lipinski definition) is 0. The van der Waals surface area contributed by atoms with Crippen LogP contribution >= 0.6 is 11.6 Å². The molecule has 0 aliphatic carbocycles. The topological polar surface area (TPSA) is 58.4 Å². The molecule has 144 valence electrons. The summed E-state index contributed by atoms with van der Waals surface area (Å²) in [5, 5.41) is 0.527. The molecule has 3 rings (SSSR count). The number of pyridine rings is 2. The van der Waals surface area contributed by atoms with Gasteiger partial charge in [0.25, 0.3) is 5.56 Å². The summed E-state index contributed by atoms with van der Waals surface area (Å²) >= 11 is 5.81. The van der Waals surface area contributed by atoms with E-state index in [-0.39, 0.29) is 0 Å². The van der Waals surface area contributed by atoms with E-state index in [1.807, 2.05) is 4.90 Å².